The van der Waals surface area contributed by atoms with Crippen molar-refractivity contribution in [2.24, 2.45) is 0 Å². The molecule has 0 saturated carbocycles. The summed E-state index contributed by atoms with van der Waals surface area (Å²) in [6.45, 7) is 0. The molecule has 0 aliphatic heterocycles. The average molecular weight is 587 g/mol. The molecule has 9 aromatic rings. The first kappa shape index (κ1) is 26.3. The highest BCUT2D eigenvalue weighted by Gasteiger charge is 2.21. The fourth-order valence-electron chi connectivity index (χ4n) is 7.02. The van der Waals surface area contributed by atoms with Gasteiger partial charge in [0, 0.05) is 33.2 Å². The lowest BCUT2D eigenvalue weighted by Crippen LogP contribution is -2.10. The number of fused-ring (bicyclic) bond motifs is 6. The van der Waals surface area contributed by atoms with Crippen molar-refractivity contribution in [1.82, 2.24) is 4.57 Å². The highest BCUT2D eigenvalue weighted by Crippen LogP contribution is 2.44. The van der Waals surface area contributed by atoms with Crippen LogP contribution in [0.2, 0.25) is 0 Å². The van der Waals surface area contributed by atoms with Crippen LogP contribution in [-0.2, 0) is 0 Å². The maximum Gasteiger partial charge on any atom is 0.0640 e. The van der Waals surface area contributed by atoms with Gasteiger partial charge in [-0.05, 0) is 81.9 Å². The quantitative estimate of drug-likeness (QED) is 0.195. The third-order valence-corrected chi connectivity index (χ3v) is 9.13. The summed E-state index contributed by atoms with van der Waals surface area (Å²) >= 11 is 0. The second kappa shape index (κ2) is 10.8. The minimum absolute atomic E-state index is 1.11. The molecule has 0 aliphatic carbocycles. The Bertz CT molecular complexity index is 2510. The molecule has 1 heterocycles. The molecular formula is C44H30N2. The van der Waals surface area contributed by atoms with E-state index in [9.17, 15) is 0 Å². The number of benzene rings is 8. The fourth-order valence-corrected chi connectivity index (χ4v) is 7.02. The van der Waals surface area contributed by atoms with Gasteiger partial charge in [0.15, 0.2) is 0 Å². The minimum Gasteiger partial charge on any atom is -0.310 e. The van der Waals surface area contributed by atoms with Gasteiger partial charge < -0.3 is 9.47 Å². The van der Waals surface area contributed by atoms with E-state index >= 15 is 0 Å². The molecule has 0 aliphatic rings. The molecule has 2 heteroatoms. The molecule has 0 fully saturated rings. The van der Waals surface area contributed by atoms with Crippen molar-refractivity contribution in [3.63, 3.8) is 0 Å². The molecule has 0 bridgehead atoms. The molecule has 0 spiro atoms. The molecule has 46 heavy (non-hydrogen) atoms. The fraction of sp³-hybridized carbons (Fsp3) is 0. The predicted molar refractivity (Wildman–Crippen MR) is 196 cm³/mol. The smallest absolute Gasteiger partial charge is 0.0640 e. The van der Waals surface area contributed by atoms with E-state index in [-0.39, 0.29) is 0 Å². The molecule has 8 aromatic carbocycles. The molecule has 0 atom stereocenters. The summed E-state index contributed by atoms with van der Waals surface area (Å²) in [5, 5.41) is 7.45. The van der Waals surface area contributed by atoms with Gasteiger partial charge in [-0.15, -0.1) is 0 Å². The first-order chi connectivity index (χ1) is 22.8. The highest BCUT2D eigenvalue weighted by molar-refractivity contribution is 6.22. The van der Waals surface area contributed by atoms with Crippen LogP contribution in [-0.4, -0.2) is 4.57 Å². The third kappa shape index (κ3) is 4.27. The van der Waals surface area contributed by atoms with Crippen molar-refractivity contribution < 1.29 is 0 Å². The van der Waals surface area contributed by atoms with E-state index in [1.807, 2.05) is 0 Å². The van der Waals surface area contributed by atoms with Gasteiger partial charge in [0.25, 0.3) is 0 Å². The third-order valence-electron chi connectivity index (χ3n) is 9.13. The monoisotopic (exact) mass is 586 g/mol. The average Bonchev–Trinajstić information content (AvgIpc) is 3.47. The molecular weight excluding hydrogens is 556 g/mol. The molecule has 2 nitrogen and oxygen atoms in total. The number of aromatic nitrogens is 1. The Hall–Kier alpha value is -6.12. The minimum atomic E-state index is 1.11. The summed E-state index contributed by atoms with van der Waals surface area (Å²) in [5.41, 5.74) is 9.37. The molecule has 9 rings (SSSR count). The maximum atomic E-state index is 2.43. The van der Waals surface area contributed by atoms with Crippen molar-refractivity contribution in [3.8, 4) is 16.8 Å². The second-order valence-electron chi connectivity index (χ2n) is 11.8. The van der Waals surface area contributed by atoms with Gasteiger partial charge in [-0.2, -0.15) is 0 Å². The van der Waals surface area contributed by atoms with Gasteiger partial charge in [0.1, 0.15) is 0 Å². The van der Waals surface area contributed by atoms with Crippen LogP contribution in [0.5, 0.6) is 0 Å². The predicted octanol–water partition coefficient (Wildman–Crippen LogP) is 12.2. The zero-order valence-electron chi connectivity index (χ0n) is 25.2. The number of para-hydroxylation sites is 3. The Kier molecular flexibility index (Phi) is 6.17. The van der Waals surface area contributed by atoms with E-state index < -0.39 is 0 Å². The summed E-state index contributed by atoms with van der Waals surface area (Å²) in [5.74, 6) is 0. The Balaban J connectivity index is 1.30. The van der Waals surface area contributed by atoms with Crippen molar-refractivity contribution in [1.29, 1.82) is 0 Å². The lowest BCUT2D eigenvalue weighted by atomic mass is 10.00. The summed E-state index contributed by atoms with van der Waals surface area (Å²) in [4.78, 5) is 2.40. The number of hydrogen-bond acceptors (Lipinski definition) is 1. The molecule has 0 saturated heterocycles. The van der Waals surface area contributed by atoms with Crippen molar-refractivity contribution in [3.05, 3.63) is 182 Å². The number of hydrogen-bond donors (Lipinski definition) is 0. The number of rotatable bonds is 5. The first-order valence-electron chi connectivity index (χ1n) is 15.8. The zero-order chi connectivity index (χ0) is 30.5. The van der Waals surface area contributed by atoms with Crippen molar-refractivity contribution >= 4 is 60.4 Å². The maximum absolute atomic E-state index is 2.43. The topological polar surface area (TPSA) is 8.17 Å². The van der Waals surface area contributed by atoms with Gasteiger partial charge in [-0.1, -0.05) is 127 Å². The van der Waals surface area contributed by atoms with E-state index in [2.05, 4.69) is 191 Å². The molecule has 0 amide bonds. The lowest BCUT2D eigenvalue weighted by molar-refractivity contribution is 1.18. The van der Waals surface area contributed by atoms with Crippen LogP contribution in [0.4, 0.5) is 17.1 Å². The summed E-state index contributed by atoms with van der Waals surface area (Å²) in [6.07, 6.45) is 0. The SMILES string of the molecule is c1ccc(N(c2ccc(-c3ccc4ccccc4c3)cc2)c2cccc3ccc4c5ccccc5n(-c5ccccc5)c4c23)cc1. The van der Waals surface area contributed by atoms with Gasteiger partial charge in [0.05, 0.1) is 16.7 Å². The number of nitrogens with zero attached hydrogens (tertiary/aromatic N) is 2. The number of anilines is 3. The van der Waals surface area contributed by atoms with Crippen molar-refractivity contribution in [2.45, 2.75) is 0 Å². The Morgan fingerprint density at radius 1 is 0.391 bits per heavy atom. The van der Waals surface area contributed by atoms with Crippen LogP contribution >= 0.6 is 0 Å². The van der Waals surface area contributed by atoms with Gasteiger partial charge in [-0.3, -0.25) is 0 Å². The Labute approximate surface area is 268 Å². The first-order valence-corrected chi connectivity index (χ1v) is 15.8. The summed E-state index contributed by atoms with van der Waals surface area (Å²) in [6, 6.07) is 65.7. The van der Waals surface area contributed by atoms with Crippen LogP contribution in [0.25, 0.3) is 60.2 Å². The summed E-state index contributed by atoms with van der Waals surface area (Å²) in [7, 11) is 0. The molecule has 0 unspecified atom stereocenters. The van der Waals surface area contributed by atoms with E-state index in [0.717, 1.165) is 22.7 Å². The van der Waals surface area contributed by atoms with Crippen LogP contribution < -0.4 is 4.90 Å². The normalized spacial score (nSPS) is 11.5. The molecule has 1 aromatic heterocycles. The highest BCUT2D eigenvalue weighted by atomic mass is 15.1. The largest absolute Gasteiger partial charge is 0.310 e. The van der Waals surface area contributed by atoms with Crippen molar-refractivity contribution in [2.75, 3.05) is 4.90 Å². The van der Waals surface area contributed by atoms with Gasteiger partial charge >= 0.3 is 0 Å². The van der Waals surface area contributed by atoms with E-state index in [0.29, 0.717) is 0 Å². The zero-order valence-corrected chi connectivity index (χ0v) is 25.2. The molecule has 0 radical (unpaired) electrons. The molecule has 216 valence electrons. The Morgan fingerprint density at radius 2 is 1.02 bits per heavy atom. The van der Waals surface area contributed by atoms with Crippen LogP contribution in [0, 0.1) is 0 Å². The lowest BCUT2D eigenvalue weighted by Gasteiger charge is -2.27. The van der Waals surface area contributed by atoms with E-state index in [1.165, 1.54) is 54.5 Å². The van der Waals surface area contributed by atoms with Crippen LogP contribution in [0.1, 0.15) is 0 Å². The molecule has 0 N–H and O–H groups in total. The van der Waals surface area contributed by atoms with Crippen LogP contribution in [0.3, 0.4) is 0 Å². The second-order valence-corrected chi connectivity index (χ2v) is 11.8. The Morgan fingerprint density at radius 3 is 1.85 bits per heavy atom. The van der Waals surface area contributed by atoms with E-state index in [1.54, 1.807) is 0 Å². The standard InChI is InChI=1S/C44H30N2/c1-3-15-36(16-4-1)45(38-27-24-32(25-28-38)35-23-22-31-12-7-8-13-34(31)30-35)42-21-11-14-33-26-29-40-39-19-9-10-20-41(39)46(44(40)43(33)42)37-17-5-2-6-18-37/h1-30H. The van der Waals surface area contributed by atoms with Gasteiger partial charge in [0.2, 0.25) is 0 Å². The summed E-state index contributed by atoms with van der Waals surface area (Å²) < 4.78 is 2.43. The van der Waals surface area contributed by atoms with E-state index in [4.69, 9.17) is 0 Å². The van der Waals surface area contributed by atoms with Crippen LogP contribution in [0.15, 0.2) is 182 Å². The van der Waals surface area contributed by atoms with Gasteiger partial charge in [-0.25, -0.2) is 0 Å².